The van der Waals surface area contributed by atoms with Gasteiger partial charge in [-0.1, -0.05) is 29.8 Å². The molecule has 0 saturated heterocycles. The predicted octanol–water partition coefficient (Wildman–Crippen LogP) is 7.16. The third kappa shape index (κ3) is 8.13. The number of halogens is 1. The molecule has 0 N–H and O–H groups in total. The summed E-state index contributed by atoms with van der Waals surface area (Å²) < 4.78 is 16.3. The number of hydrogen-bond donors (Lipinski definition) is 0. The maximum Gasteiger partial charge on any atom is 0.420 e. The number of ether oxygens (including phenoxy) is 3. The van der Waals surface area contributed by atoms with Crippen molar-refractivity contribution in [1.29, 1.82) is 0 Å². The first-order valence-corrected chi connectivity index (χ1v) is 12.8. The lowest BCUT2D eigenvalue weighted by molar-refractivity contribution is -0.000250. The Morgan fingerprint density at radius 3 is 1.95 bits per heavy atom. The molecule has 2 aromatic carbocycles. The number of rotatable bonds is 5. The minimum absolute atomic E-state index is 0.124. The van der Waals surface area contributed by atoms with Crippen LogP contribution in [-0.4, -0.2) is 50.4 Å². The molecule has 0 unspecified atom stereocenters. The van der Waals surface area contributed by atoms with E-state index in [1.165, 1.54) is 7.11 Å². The van der Waals surface area contributed by atoms with E-state index < -0.39 is 23.4 Å². The second kappa shape index (κ2) is 11.6. The van der Waals surface area contributed by atoms with Crippen LogP contribution >= 0.6 is 11.6 Å². The highest BCUT2D eigenvalue weighted by molar-refractivity contribution is 6.33. The van der Waals surface area contributed by atoms with E-state index in [0.29, 0.717) is 22.0 Å². The van der Waals surface area contributed by atoms with E-state index in [0.717, 1.165) is 21.6 Å². The van der Waals surface area contributed by atoms with Gasteiger partial charge in [0.15, 0.2) is 11.6 Å². The van der Waals surface area contributed by atoms with Crippen LogP contribution in [0.15, 0.2) is 36.4 Å². The Morgan fingerprint density at radius 1 is 0.821 bits per heavy atom. The zero-order chi connectivity index (χ0) is 29.1. The van der Waals surface area contributed by atoms with Crippen molar-refractivity contribution in [2.24, 2.45) is 0 Å². The van der Waals surface area contributed by atoms with Crippen LogP contribution in [0, 0.1) is 13.8 Å². The van der Waals surface area contributed by atoms with Crippen LogP contribution in [0.3, 0.4) is 0 Å². The molecule has 0 atom stereocenters. The molecule has 3 rings (SSSR count). The zero-order valence-electron chi connectivity index (χ0n) is 23.9. The number of benzene rings is 2. The lowest BCUT2D eigenvalue weighted by atomic mass is 10.1. The van der Waals surface area contributed by atoms with Gasteiger partial charge in [-0.05, 0) is 90.3 Å². The molecule has 1 aromatic heterocycles. The third-order valence-corrected chi connectivity index (χ3v) is 5.73. The second-order valence-electron chi connectivity index (χ2n) is 11.1. The summed E-state index contributed by atoms with van der Waals surface area (Å²) in [6, 6.07) is 11.1. The van der Waals surface area contributed by atoms with Crippen molar-refractivity contribution in [3.8, 4) is 28.8 Å². The quantitative estimate of drug-likeness (QED) is 0.327. The topological polar surface area (TPSA) is 104 Å². The fourth-order valence-corrected chi connectivity index (χ4v) is 3.64. The van der Waals surface area contributed by atoms with Crippen molar-refractivity contribution < 1.29 is 23.8 Å². The van der Waals surface area contributed by atoms with Gasteiger partial charge in [0.2, 0.25) is 0 Å². The Morgan fingerprint density at radius 2 is 1.41 bits per heavy atom. The molecular formula is C29H35ClN4O5. The van der Waals surface area contributed by atoms with Crippen molar-refractivity contribution in [2.75, 3.05) is 7.11 Å². The molecule has 0 saturated carbocycles. The Labute approximate surface area is 234 Å². The van der Waals surface area contributed by atoms with E-state index in [1.807, 2.05) is 32.0 Å². The standard InChI is InChI=1S/C29H35ClN4O5/c1-17-10-12-20(14-18(17)2)23-31-24(33-25(32-23)37-9)21-15-19(11-13-22(21)30)16-34(26(35)38-28(3,4)5)27(36)39-29(6,7)8/h10-15H,16H2,1-9H3. The van der Waals surface area contributed by atoms with Gasteiger partial charge in [-0.15, -0.1) is 0 Å². The number of carbonyl (C=O) groups excluding carboxylic acids is 2. The lowest BCUT2D eigenvalue weighted by Crippen LogP contribution is -2.43. The smallest absolute Gasteiger partial charge is 0.420 e. The number of nitrogens with zero attached hydrogens (tertiary/aromatic N) is 4. The molecule has 208 valence electrons. The summed E-state index contributed by atoms with van der Waals surface area (Å²) in [5, 5.41) is 0.374. The van der Waals surface area contributed by atoms with Crippen molar-refractivity contribution in [3.05, 3.63) is 58.1 Å². The summed E-state index contributed by atoms with van der Waals surface area (Å²) >= 11 is 6.57. The van der Waals surface area contributed by atoms with Crippen LogP contribution in [0.2, 0.25) is 5.02 Å². The van der Waals surface area contributed by atoms with E-state index >= 15 is 0 Å². The minimum Gasteiger partial charge on any atom is -0.467 e. The van der Waals surface area contributed by atoms with Gasteiger partial charge in [0, 0.05) is 11.1 Å². The average molecular weight is 555 g/mol. The molecule has 10 heteroatoms. The highest BCUT2D eigenvalue weighted by atomic mass is 35.5. The van der Waals surface area contributed by atoms with E-state index in [4.69, 9.17) is 25.8 Å². The molecule has 0 spiro atoms. The molecule has 0 aliphatic rings. The molecule has 0 aliphatic heterocycles. The summed E-state index contributed by atoms with van der Waals surface area (Å²) in [5.74, 6) is 0.702. The summed E-state index contributed by atoms with van der Waals surface area (Å²) in [6.45, 7) is 14.3. The SMILES string of the molecule is COc1nc(-c2ccc(C)c(C)c2)nc(-c2cc(CN(C(=O)OC(C)(C)C)C(=O)OC(C)(C)C)ccc2Cl)n1. The van der Waals surface area contributed by atoms with E-state index in [1.54, 1.807) is 59.7 Å². The van der Waals surface area contributed by atoms with Crippen LogP contribution in [0.1, 0.15) is 58.2 Å². The molecule has 39 heavy (non-hydrogen) atoms. The number of aromatic nitrogens is 3. The Balaban J connectivity index is 2.04. The highest BCUT2D eigenvalue weighted by Crippen LogP contribution is 2.30. The van der Waals surface area contributed by atoms with E-state index in [-0.39, 0.29) is 18.4 Å². The number of imide groups is 1. The minimum atomic E-state index is -0.827. The van der Waals surface area contributed by atoms with Gasteiger partial charge in [0.1, 0.15) is 11.2 Å². The molecule has 1 heterocycles. The van der Waals surface area contributed by atoms with Crippen LogP contribution in [0.25, 0.3) is 22.8 Å². The Kier molecular flexibility index (Phi) is 8.85. The van der Waals surface area contributed by atoms with E-state index in [9.17, 15) is 9.59 Å². The normalized spacial score (nSPS) is 11.6. The first-order valence-electron chi connectivity index (χ1n) is 12.5. The van der Waals surface area contributed by atoms with E-state index in [2.05, 4.69) is 15.0 Å². The van der Waals surface area contributed by atoms with Gasteiger partial charge < -0.3 is 14.2 Å². The predicted molar refractivity (Wildman–Crippen MR) is 150 cm³/mol. The van der Waals surface area contributed by atoms with Gasteiger partial charge in [-0.3, -0.25) is 0 Å². The molecular weight excluding hydrogens is 520 g/mol. The van der Waals surface area contributed by atoms with Crippen molar-refractivity contribution in [1.82, 2.24) is 19.9 Å². The largest absolute Gasteiger partial charge is 0.467 e. The number of hydrogen-bond acceptors (Lipinski definition) is 8. The van der Waals surface area contributed by atoms with Crippen molar-refractivity contribution in [3.63, 3.8) is 0 Å². The summed E-state index contributed by atoms with van der Waals surface area (Å²) in [4.78, 5) is 40.3. The monoisotopic (exact) mass is 554 g/mol. The van der Waals surface area contributed by atoms with Crippen LogP contribution < -0.4 is 4.74 Å². The number of carbonyl (C=O) groups is 2. The van der Waals surface area contributed by atoms with Crippen LogP contribution in [-0.2, 0) is 16.0 Å². The summed E-state index contributed by atoms with van der Waals surface area (Å²) in [7, 11) is 1.47. The first-order chi connectivity index (χ1) is 18.1. The van der Waals surface area contributed by atoms with Gasteiger partial charge in [0.25, 0.3) is 0 Å². The molecule has 3 aromatic rings. The van der Waals surface area contributed by atoms with Gasteiger partial charge in [-0.25, -0.2) is 19.5 Å². The molecule has 2 amide bonds. The lowest BCUT2D eigenvalue weighted by Gasteiger charge is -2.28. The first kappa shape index (κ1) is 29.8. The number of amides is 2. The number of methoxy groups -OCH3 is 1. The van der Waals surface area contributed by atoms with Crippen LogP contribution in [0.5, 0.6) is 6.01 Å². The maximum atomic E-state index is 13.0. The maximum absolute atomic E-state index is 13.0. The van der Waals surface area contributed by atoms with Gasteiger partial charge in [-0.2, -0.15) is 9.97 Å². The highest BCUT2D eigenvalue weighted by Gasteiger charge is 2.31. The summed E-state index contributed by atoms with van der Waals surface area (Å²) in [5.41, 5.74) is 2.48. The molecule has 0 radical (unpaired) electrons. The Hall–Kier alpha value is -3.72. The zero-order valence-corrected chi connectivity index (χ0v) is 24.6. The molecule has 0 fully saturated rings. The molecule has 0 bridgehead atoms. The fraction of sp³-hybridized carbons (Fsp3) is 0.414. The van der Waals surface area contributed by atoms with Crippen molar-refractivity contribution in [2.45, 2.75) is 73.1 Å². The summed E-state index contributed by atoms with van der Waals surface area (Å²) in [6.07, 6.45) is -1.65. The second-order valence-corrected chi connectivity index (χ2v) is 11.5. The van der Waals surface area contributed by atoms with Gasteiger partial charge in [0.05, 0.1) is 18.7 Å². The molecule has 9 nitrogen and oxygen atoms in total. The van der Waals surface area contributed by atoms with Crippen molar-refractivity contribution >= 4 is 23.8 Å². The average Bonchev–Trinajstić information content (AvgIpc) is 2.82. The van der Waals surface area contributed by atoms with Gasteiger partial charge >= 0.3 is 18.2 Å². The van der Waals surface area contributed by atoms with Crippen LogP contribution in [0.4, 0.5) is 9.59 Å². The molecule has 0 aliphatic carbocycles. The fourth-order valence-electron chi connectivity index (χ4n) is 3.44. The Bertz CT molecular complexity index is 1350. The number of aryl methyl sites for hydroxylation is 2. The third-order valence-electron chi connectivity index (χ3n) is 5.40.